The number of aromatic nitrogens is 2. The Kier molecular flexibility index (Phi) is 4.66. The largest absolute Gasteiger partial charge is 0.311 e. The first-order chi connectivity index (χ1) is 8.63. The Bertz CT molecular complexity index is 378. The highest BCUT2D eigenvalue weighted by molar-refractivity contribution is 5.04. The fraction of sp³-hybridized carbons (Fsp3) is 0.714. The highest BCUT2D eigenvalue weighted by Crippen LogP contribution is 2.07. The van der Waals surface area contributed by atoms with Gasteiger partial charge in [-0.05, 0) is 25.5 Å². The molecule has 2 rings (SSSR count). The number of rotatable bonds is 4. The van der Waals surface area contributed by atoms with Crippen molar-refractivity contribution < 1.29 is 0 Å². The van der Waals surface area contributed by atoms with Crippen molar-refractivity contribution in [2.24, 2.45) is 5.92 Å². The summed E-state index contributed by atoms with van der Waals surface area (Å²) in [6.07, 6.45) is 3.86. The minimum absolute atomic E-state index is 0.484. The molecular weight excluding hydrogens is 224 g/mol. The van der Waals surface area contributed by atoms with Crippen molar-refractivity contribution in [3.63, 3.8) is 0 Å². The summed E-state index contributed by atoms with van der Waals surface area (Å²) in [5.41, 5.74) is 1.17. The van der Waals surface area contributed by atoms with Crippen molar-refractivity contribution in [3.05, 3.63) is 23.8 Å². The van der Waals surface area contributed by atoms with Gasteiger partial charge in [0.15, 0.2) is 0 Å². The Morgan fingerprint density at radius 2 is 2.33 bits per heavy atom. The van der Waals surface area contributed by atoms with E-state index in [9.17, 15) is 0 Å². The molecule has 1 aliphatic heterocycles. The Hall–Kier alpha value is -1.00. The molecule has 18 heavy (non-hydrogen) atoms. The van der Waals surface area contributed by atoms with Crippen molar-refractivity contribution >= 4 is 0 Å². The second kappa shape index (κ2) is 6.25. The molecule has 100 valence electrons. The maximum atomic E-state index is 4.66. The van der Waals surface area contributed by atoms with Crippen LogP contribution in [0.3, 0.4) is 0 Å². The van der Waals surface area contributed by atoms with Crippen LogP contribution < -0.4 is 5.32 Å². The SMILES string of the molecule is CC(C)Cc1ccnc(CC2CN(C)CCN2)n1. The minimum Gasteiger partial charge on any atom is -0.311 e. The molecule has 4 heteroatoms. The van der Waals surface area contributed by atoms with Crippen molar-refractivity contribution in [1.82, 2.24) is 20.2 Å². The van der Waals surface area contributed by atoms with Crippen LogP contribution in [0.25, 0.3) is 0 Å². The Balaban J connectivity index is 1.96. The van der Waals surface area contributed by atoms with E-state index in [0.29, 0.717) is 12.0 Å². The molecule has 1 fully saturated rings. The first kappa shape index (κ1) is 13.4. The fourth-order valence-corrected chi connectivity index (χ4v) is 2.42. The van der Waals surface area contributed by atoms with Crippen LogP contribution in [-0.2, 0) is 12.8 Å². The van der Waals surface area contributed by atoms with E-state index in [1.165, 1.54) is 5.69 Å². The molecule has 2 heterocycles. The van der Waals surface area contributed by atoms with Crippen LogP contribution >= 0.6 is 0 Å². The standard InChI is InChI=1S/C14H24N4/c1-11(2)8-12-4-5-16-14(17-12)9-13-10-18(3)7-6-15-13/h4-5,11,13,15H,6-10H2,1-3H3. The Morgan fingerprint density at radius 1 is 1.50 bits per heavy atom. The van der Waals surface area contributed by atoms with Gasteiger partial charge in [-0.25, -0.2) is 9.97 Å². The van der Waals surface area contributed by atoms with Gasteiger partial charge in [-0.1, -0.05) is 13.8 Å². The molecule has 4 nitrogen and oxygen atoms in total. The molecule has 1 atom stereocenters. The average molecular weight is 248 g/mol. The second-order valence-electron chi connectivity index (χ2n) is 5.68. The summed E-state index contributed by atoms with van der Waals surface area (Å²) in [6, 6.07) is 2.52. The first-order valence-electron chi connectivity index (χ1n) is 6.86. The van der Waals surface area contributed by atoms with Crippen LogP contribution in [0.15, 0.2) is 12.3 Å². The summed E-state index contributed by atoms with van der Waals surface area (Å²) in [7, 11) is 2.17. The molecule has 1 saturated heterocycles. The van der Waals surface area contributed by atoms with E-state index in [-0.39, 0.29) is 0 Å². The van der Waals surface area contributed by atoms with E-state index >= 15 is 0 Å². The molecule has 1 aromatic heterocycles. The quantitative estimate of drug-likeness (QED) is 0.867. The van der Waals surface area contributed by atoms with Gasteiger partial charge in [0.05, 0.1) is 0 Å². The first-order valence-corrected chi connectivity index (χ1v) is 6.86. The lowest BCUT2D eigenvalue weighted by Gasteiger charge is -2.30. The van der Waals surface area contributed by atoms with Crippen LogP contribution in [0.1, 0.15) is 25.4 Å². The van der Waals surface area contributed by atoms with E-state index in [1.54, 1.807) is 0 Å². The van der Waals surface area contributed by atoms with Crippen molar-refractivity contribution in [2.45, 2.75) is 32.7 Å². The van der Waals surface area contributed by atoms with E-state index < -0.39 is 0 Å². The molecule has 0 radical (unpaired) electrons. The van der Waals surface area contributed by atoms with Crippen molar-refractivity contribution in [1.29, 1.82) is 0 Å². The number of likely N-dealkylation sites (N-methyl/N-ethyl adjacent to an activating group) is 1. The molecule has 0 aliphatic carbocycles. The van der Waals surface area contributed by atoms with Crippen LogP contribution in [0.2, 0.25) is 0 Å². The highest BCUT2D eigenvalue weighted by atomic mass is 15.2. The van der Waals surface area contributed by atoms with Gasteiger partial charge in [0, 0.05) is 44.0 Å². The third-order valence-electron chi connectivity index (χ3n) is 3.27. The van der Waals surface area contributed by atoms with Gasteiger partial charge in [-0.2, -0.15) is 0 Å². The van der Waals surface area contributed by atoms with Gasteiger partial charge in [-0.15, -0.1) is 0 Å². The smallest absolute Gasteiger partial charge is 0.130 e. The third kappa shape index (κ3) is 4.03. The van der Waals surface area contributed by atoms with E-state index in [4.69, 9.17) is 0 Å². The number of hydrogen-bond acceptors (Lipinski definition) is 4. The summed E-state index contributed by atoms with van der Waals surface area (Å²) >= 11 is 0. The topological polar surface area (TPSA) is 41.1 Å². The maximum absolute atomic E-state index is 4.66. The monoisotopic (exact) mass is 248 g/mol. The van der Waals surface area contributed by atoms with Crippen molar-refractivity contribution in [2.75, 3.05) is 26.7 Å². The summed E-state index contributed by atoms with van der Waals surface area (Å²) in [4.78, 5) is 11.4. The van der Waals surface area contributed by atoms with Gasteiger partial charge in [0.25, 0.3) is 0 Å². The highest BCUT2D eigenvalue weighted by Gasteiger charge is 2.17. The van der Waals surface area contributed by atoms with Gasteiger partial charge >= 0.3 is 0 Å². The lowest BCUT2D eigenvalue weighted by molar-refractivity contribution is 0.236. The summed E-state index contributed by atoms with van der Waals surface area (Å²) < 4.78 is 0. The fourth-order valence-electron chi connectivity index (χ4n) is 2.42. The molecular formula is C14H24N4. The van der Waals surface area contributed by atoms with Gasteiger partial charge in [0.1, 0.15) is 5.82 Å². The van der Waals surface area contributed by atoms with Gasteiger partial charge in [-0.3, -0.25) is 0 Å². The van der Waals surface area contributed by atoms with Crippen LogP contribution in [-0.4, -0.2) is 47.6 Å². The predicted octanol–water partition coefficient (Wildman–Crippen LogP) is 1.12. The second-order valence-corrected chi connectivity index (χ2v) is 5.68. The van der Waals surface area contributed by atoms with Gasteiger partial charge in [0.2, 0.25) is 0 Å². The lowest BCUT2D eigenvalue weighted by Crippen LogP contribution is -2.50. The number of piperazine rings is 1. The number of nitrogens with one attached hydrogen (secondary N) is 1. The molecule has 0 amide bonds. The number of nitrogens with zero attached hydrogens (tertiary/aromatic N) is 3. The summed E-state index contributed by atoms with van der Waals surface area (Å²) in [6.45, 7) is 7.72. The Morgan fingerprint density at radius 3 is 3.06 bits per heavy atom. The Labute approximate surface area is 110 Å². The van der Waals surface area contributed by atoms with E-state index in [0.717, 1.165) is 38.3 Å². The molecule has 1 N–H and O–H groups in total. The molecule has 1 aromatic rings. The van der Waals surface area contributed by atoms with Crippen LogP contribution in [0.5, 0.6) is 0 Å². The molecule has 1 unspecified atom stereocenters. The lowest BCUT2D eigenvalue weighted by atomic mass is 10.1. The molecule has 0 saturated carbocycles. The number of hydrogen-bond donors (Lipinski definition) is 1. The third-order valence-corrected chi connectivity index (χ3v) is 3.27. The zero-order valence-electron chi connectivity index (χ0n) is 11.7. The molecule has 0 bridgehead atoms. The predicted molar refractivity (Wildman–Crippen MR) is 73.6 cm³/mol. The molecule has 0 aromatic carbocycles. The normalized spacial score (nSPS) is 21.4. The van der Waals surface area contributed by atoms with E-state index in [1.807, 2.05) is 12.3 Å². The average Bonchev–Trinajstić information content (AvgIpc) is 2.28. The van der Waals surface area contributed by atoms with Gasteiger partial charge < -0.3 is 10.2 Å². The minimum atomic E-state index is 0.484. The maximum Gasteiger partial charge on any atom is 0.130 e. The zero-order chi connectivity index (χ0) is 13.0. The summed E-state index contributed by atoms with van der Waals surface area (Å²) in [5, 5.41) is 3.54. The van der Waals surface area contributed by atoms with E-state index in [2.05, 4.69) is 41.1 Å². The molecule has 0 spiro atoms. The zero-order valence-corrected chi connectivity index (χ0v) is 11.7. The summed E-state index contributed by atoms with van der Waals surface area (Å²) in [5.74, 6) is 1.62. The molecule has 1 aliphatic rings. The van der Waals surface area contributed by atoms with Crippen LogP contribution in [0.4, 0.5) is 0 Å². The van der Waals surface area contributed by atoms with Crippen LogP contribution in [0, 0.1) is 5.92 Å². The van der Waals surface area contributed by atoms with Crippen molar-refractivity contribution in [3.8, 4) is 0 Å².